The molecule has 0 atom stereocenters. The second-order valence-electron chi connectivity index (χ2n) is 5.07. The van der Waals surface area contributed by atoms with Gasteiger partial charge in [0.2, 0.25) is 10.0 Å². The van der Waals surface area contributed by atoms with Gasteiger partial charge in [-0.2, -0.15) is 0 Å². The van der Waals surface area contributed by atoms with Gasteiger partial charge in [0.05, 0.1) is 21.4 Å². The molecular weight excluding hydrogens is 404 g/mol. The quantitative estimate of drug-likeness (QED) is 0.311. The van der Waals surface area contributed by atoms with Gasteiger partial charge >= 0.3 is 0 Å². The monoisotopic (exact) mass is 418 g/mol. The Morgan fingerprint density at radius 3 is 2.42 bits per heavy atom. The Balaban J connectivity index is 2.41. The van der Waals surface area contributed by atoms with Crippen molar-refractivity contribution in [3.05, 3.63) is 42.5 Å². The summed E-state index contributed by atoms with van der Waals surface area (Å²) in [5.41, 5.74) is 5.40. The molecule has 0 aliphatic carbocycles. The predicted octanol–water partition coefficient (Wildman–Crippen LogP) is 1.07. The van der Waals surface area contributed by atoms with Crippen LogP contribution in [0.3, 0.4) is 0 Å². The lowest BCUT2D eigenvalue weighted by molar-refractivity contribution is 0.476. The molecule has 0 bridgehead atoms. The maximum atomic E-state index is 12.5. The molecule has 0 unspecified atom stereocenters. The number of nitrogens with zero attached hydrogens (tertiary/aromatic N) is 1. The number of rotatable bonds is 6. The molecule has 0 spiro atoms. The third-order valence-corrected chi connectivity index (χ3v) is 5.64. The summed E-state index contributed by atoms with van der Waals surface area (Å²) >= 11 is 5.52. The number of anilines is 1. The first kappa shape index (κ1) is 20.0. The second kappa shape index (κ2) is 7.50. The molecule has 2 aromatic rings. The summed E-state index contributed by atoms with van der Waals surface area (Å²) in [7, 11) is -8.08. The zero-order valence-electron chi connectivity index (χ0n) is 13.1. The number of hydrogen-bond acceptors (Lipinski definition) is 6. The van der Waals surface area contributed by atoms with Gasteiger partial charge in [0.15, 0.2) is 0 Å². The van der Waals surface area contributed by atoms with E-state index in [1.54, 1.807) is 0 Å². The highest BCUT2D eigenvalue weighted by Crippen LogP contribution is 2.30. The highest BCUT2D eigenvalue weighted by atomic mass is 35.5. The van der Waals surface area contributed by atoms with Crippen molar-refractivity contribution >= 4 is 48.9 Å². The summed E-state index contributed by atoms with van der Waals surface area (Å²) < 4.78 is 50.0. The minimum Gasteiger partial charge on any atom is -0.506 e. The zero-order chi connectivity index (χ0) is 19.5. The summed E-state index contributed by atoms with van der Waals surface area (Å²) in [5, 5.41) is 14.8. The Labute approximate surface area is 155 Å². The van der Waals surface area contributed by atoms with E-state index in [0.29, 0.717) is 0 Å². The van der Waals surface area contributed by atoms with Crippen molar-refractivity contribution < 1.29 is 21.9 Å². The van der Waals surface area contributed by atoms with Crippen molar-refractivity contribution in [1.29, 1.82) is 0 Å². The average Bonchev–Trinajstić information content (AvgIpc) is 2.55. The molecule has 2 rings (SSSR count). The Hall–Kier alpha value is -2.34. The summed E-state index contributed by atoms with van der Waals surface area (Å²) in [6.45, 7) is 0. The van der Waals surface area contributed by atoms with E-state index in [1.165, 1.54) is 18.2 Å². The van der Waals surface area contributed by atoms with E-state index >= 15 is 0 Å². The third-order valence-electron chi connectivity index (χ3n) is 3.07. The maximum Gasteiger partial charge on any atom is 0.261 e. The Morgan fingerprint density at radius 1 is 1.12 bits per heavy atom. The molecule has 2 aromatic carbocycles. The van der Waals surface area contributed by atoms with Crippen LogP contribution in [-0.4, -0.2) is 33.7 Å². The number of aliphatic imine (C=N–C) groups is 1. The smallest absolute Gasteiger partial charge is 0.261 e. The molecule has 140 valence electrons. The number of halogens is 1. The number of alkyl halides is 1. The van der Waals surface area contributed by atoms with Crippen molar-refractivity contribution in [2.24, 2.45) is 15.9 Å². The molecule has 0 fully saturated rings. The van der Waals surface area contributed by atoms with Gasteiger partial charge in [0.1, 0.15) is 17.3 Å². The topological polar surface area (TPSA) is 165 Å². The largest absolute Gasteiger partial charge is 0.506 e. The van der Waals surface area contributed by atoms with E-state index in [1.807, 2.05) is 0 Å². The third kappa shape index (κ3) is 4.85. The Morgan fingerprint density at radius 2 is 1.81 bits per heavy atom. The van der Waals surface area contributed by atoms with Crippen LogP contribution >= 0.6 is 11.6 Å². The number of primary sulfonamides is 1. The van der Waals surface area contributed by atoms with Crippen molar-refractivity contribution in [3.63, 3.8) is 0 Å². The molecule has 0 aromatic heterocycles. The average molecular weight is 419 g/mol. The lowest BCUT2D eigenvalue weighted by atomic mass is 10.3. The van der Waals surface area contributed by atoms with Gasteiger partial charge in [-0.25, -0.2) is 27.0 Å². The van der Waals surface area contributed by atoms with E-state index in [9.17, 15) is 21.9 Å². The van der Waals surface area contributed by atoms with E-state index in [2.05, 4.69) is 9.71 Å². The predicted molar refractivity (Wildman–Crippen MR) is 98.7 cm³/mol. The summed E-state index contributed by atoms with van der Waals surface area (Å²) in [4.78, 5) is 3.36. The molecule has 0 saturated heterocycles. The van der Waals surface area contributed by atoms with Crippen LogP contribution in [0.15, 0.2) is 57.2 Å². The molecule has 0 amide bonds. The molecule has 0 heterocycles. The Kier molecular flexibility index (Phi) is 5.76. The molecule has 26 heavy (non-hydrogen) atoms. The minimum atomic E-state index is -4.10. The second-order valence-corrected chi connectivity index (χ2v) is 8.58. The number of phenolic OH excluding ortho intramolecular Hbond substituents is 1. The van der Waals surface area contributed by atoms with E-state index < -0.39 is 20.0 Å². The fourth-order valence-corrected chi connectivity index (χ4v) is 3.58. The molecule has 0 saturated carbocycles. The standard InChI is InChI=1S/C14H15ClN4O5S2/c15-8-14(16)18-12-7-11(4-5-13(12)20)26(23,24)19-9-2-1-3-10(6-9)25(17,21)22/h1-7,19-20H,8H2,(H2,16,18)(H2,17,21,22). The lowest BCUT2D eigenvalue weighted by Gasteiger charge is -2.10. The molecular formula is C14H15ClN4O5S2. The number of nitrogens with one attached hydrogen (secondary N) is 1. The molecule has 12 heteroatoms. The number of hydrogen-bond donors (Lipinski definition) is 4. The molecule has 0 aliphatic heterocycles. The van der Waals surface area contributed by atoms with E-state index in [-0.39, 0.29) is 38.6 Å². The van der Waals surface area contributed by atoms with Crippen LogP contribution in [0.2, 0.25) is 0 Å². The first-order valence-corrected chi connectivity index (χ1v) is 10.5. The maximum absolute atomic E-state index is 12.5. The van der Waals surface area contributed by atoms with Gasteiger partial charge in [0.25, 0.3) is 10.0 Å². The van der Waals surface area contributed by atoms with Gasteiger partial charge in [-0.05, 0) is 36.4 Å². The van der Waals surface area contributed by atoms with Crippen LogP contribution in [0, 0.1) is 0 Å². The van der Waals surface area contributed by atoms with Gasteiger partial charge < -0.3 is 10.8 Å². The summed E-state index contributed by atoms with van der Waals surface area (Å²) in [5.74, 6) is -0.395. The van der Waals surface area contributed by atoms with Crippen molar-refractivity contribution in [3.8, 4) is 5.75 Å². The van der Waals surface area contributed by atoms with Gasteiger partial charge in [0, 0.05) is 0 Å². The highest BCUT2D eigenvalue weighted by molar-refractivity contribution is 7.92. The van der Waals surface area contributed by atoms with Crippen molar-refractivity contribution in [2.45, 2.75) is 9.79 Å². The van der Waals surface area contributed by atoms with E-state index in [4.69, 9.17) is 22.5 Å². The number of benzene rings is 2. The van der Waals surface area contributed by atoms with Crippen molar-refractivity contribution in [1.82, 2.24) is 0 Å². The van der Waals surface area contributed by atoms with Gasteiger partial charge in [-0.1, -0.05) is 6.07 Å². The van der Waals surface area contributed by atoms with Crippen LogP contribution < -0.4 is 15.6 Å². The van der Waals surface area contributed by atoms with Crippen molar-refractivity contribution in [2.75, 3.05) is 10.6 Å². The lowest BCUT2D eigenvalue weighted by Crippen LogP contribution is -2.15. The van der Waals surface area contributed by atoms with Crippen LogP contribution in [0.25, 0.3) is 0 Å². The van der Waals surface area contributed by atoms with Crippen LogP contribution in [-0.2, 0) is 20.0 Å². The van der Waals surface area contributed by atoms with Crippen LogP contribution in [0.4, 0.5) is 11.4 Å². The number of nitrogens with two attached hydrogens (primary N) is 2. The van der Waals surface area contributed by atoms with Crippen LogP contribution in [0.1, 0.15) is 0 Å². The van der Waals surface area contributed by atoms with Gasteiger partial charge in [-0.15, -0.1) is 11.6 Å². The number of aromatic hydroxyl groups is 1. The fraction of sp³-hybridized carbons (Fsp3) is 0.0714. The molecule has 9 nitrogen and oxygen atoms in total. The zero-order valence-corrected chi connectivity index (χ0v) is 15.5. The normalized spacial score (nSPS) is 12.8. The highest BCUT2D eigenvalue weighted by Gasteiger charge is 2.18. The first-order valence-electron chi connectivity index (χ1n) is 6.90. The SMILES string of the molecule is NC(CCl)=Nc1cc(S(=O)(=O)Nc2cccc(S(N)(=O)=O)c2)ccc1O. The van der Waals surface area contributed by atoms with Gasteiger partial charge in [-0.3, -0.25) is 4.72 Å². The first-order chi connectivity index (χ1) is 12.0. The summed E-state index contributed by atoms with van der Waals surface area (Å²) in [6, 6.07) is 8.39. The number of sulfonamides is 2. The minimum absolute atomic E-state index is 0.00470. The fourth-order valence-electron chi connectivity index (χ4n) is 1.90. The molecule has 0 aliphatic rings. The Bertz CT molecular complexity index is 1070. The number of amidine groups is 1. The number of phenols is 1. The molecule has 0 radical (unpaired) electrons. The van der Waals surface area contributed by atoms with Crippen LogP contribution in [0.5, 0.6) is 5.75 Å². The van der Waals surface area contributed by atoms with E-state index in [0.717, 1.165) is 24.3 Å². The molecule has 6 N–H and O–H groups in total. The summed E-state index contributed by atoms with van der Waals surface area (Å²) in [6.07, 6.45) is 0.